The van der Waals surface area contributed by atoms with Crippen LogP contribution in [-0.2, 0) is 0 Å². The summed E-state index contributed by atoms with van der Waals surface area (Å²) < 4.78 is 0. The van der Waals surface area contributed by atoms with Crippen LogP contribution in [-0.4, -0.2) is 42.0 Å². The number of halogens is 1. The van der Waals surface area contributed by atoms with E-state index in [1.165, 1.54) is 12.8 Å². The molecule has 1 aromatic heterocycles. The lowest BCUT2D eigenvalue weighted by atomic mass is 10.1. The third-order valence-corrected chi connectivity index (χ3v) is 4.28. The second-order valence-corrected chi connectivity index (χ2v) is 6.18. The Bertz CT molecular complexity index is 666. The van der Waals surface area contributed by atoms with Crippen molar-refractivity contribution in [2.75, 3.05) is 26.2 Å². The molecule has 0 atom stereocenters. The van der Waals surface area contributed by atoms with Gasteiger partial charge in [0.15, 0.2) is 0 Å². The second-order valence-electron chi connectivity index (χ2n) is 5.75. The summed E-state index contributed by atoms with van der Waals surface area (Å²) in [7, 11) is 0. The number of pyridine rings is 1. The van der Waals surface area contributed by atoms with Crippen molar-refractivity contribution < 1.29 is 4.79 Å². The largest absolute Gasteiger partial charge is 0.351 e. The zero-order valence-corrected chi connectivity index (χ0v) is 13.7. The molecular formula is C18H20ClN3O. The molecule has 0 unspecified atom stereocenters. The lowest BCUT2D eigenvalue weighted by Crippen LogP contribution is -2.33. The zero-order chi connectivity index (χ0) is 16.1. The first-order chi connectivity index (χ1) is 11.2. The van der Waals surface area contributed by atoms with Gasteiger partial charge in [0.25, 0.3) is 5.91 Å². The van der Waals surface area contributed by atoms with Crippen molar-refractivity contribution in [3.63, 3.8) is 0 Å². The maximum absolute atomic E-state index is 12.3. The Morgan fingerprint density at radius 2 is 2.04 bits per heavy atom. The molecule has 5 heteroatoms. The van der Waals surface area contributed by atoms with E-state index in [2.05, 4.69) is 15.2 Å². The van der Waals surface area contributed by atoms with E-state index < -0.39 is 0 Å². The highest BCUT2D eigenvalue weighted by molar-refractivity contribution is 6.30. The van der Waals surface area contributed by atoms with Crippen LogP contribution in [0.15, 0.2) is 42.6 Å². The number of rotatable bonds is 5. The number of amides is 1. The monoisotopic (exact) mass is 329 g/mol. The van der Waals surface area contributed by atoms with Crippen LogP contribution < -0.4 is 5.32 Å². The Kier molecular flexibility index (Phi) is 5.26. The number of carbonyl (C=O) groups is 1. The summed E-state index contributed by atoms with van der Waals surface area (Å²) in [5.41, 5.74) is 2.37. The van der Waals surface area contributed by atoms with Crippen LogP contribution >= 0.6 is 11.6 Å². The molecule has 0 saturated carbocycles. The number of benzene rings is 1. The predicted octanol–water partition coefficient (Wildman–Crippen LogP) is 3.23. The van der Waals surface area contributed by atoms with Gasteiger partial charge in [-0.05, 0) is 50.2 Å². The Morgan fingerprint density at radius 3 is 2.78 bits per heavy atom. The third-order valence-electron chi connectivity index (χ3n) is 4.06. The summed E-state index contributed by atoms with van der Waals surface area (Å²) in [5, 5.41) is 3.59. The minimum absolute atomic E-state index is 0.0417. The van der Waals surface area contributed by atoms with Crippen LogP contribution in [0.1, 0.15) is 23.2 Å². The van der Waals surface area contributed by atoms with E-state index in [9.17, 15) is 4.79 Å². The first kappa shape index (κ1) is 16.0. The van der Waals surface area contributed by atoms with Crippen LogP contribution in [0.5, 0.6) is 0 Å². The number of aromatic nitrogens is 1. The molecule has 0 aliphatic carbocycles. The van der Waals surface area contributed by atoms with Crippen LogP contribution in [0.4, 0.5) is 0 Å². The van der Waals surface area contributed by atoms with Crippen LogP contribution in [0.2, 0.25) is 5.02 Å². The van der Waals surface area contributed by atoms with Gasteiger partial charge >= 0.3 is 0 Å². The second kappa shape index (κ2) is 7.57. The van der Waals surface area contributed by atoms with Crippen molar-refractivity contribution in [2.24, 2.45) is 0 Å². The van der Waals surface area contributed by atoms with E-state index in [4.69, 9.17) is 11.6 Å². The number of hydrogen-bond acceptors (Lipinski definition) is 3. The van der Waals surface area contributed by atoms with Gasteiger partial charge in [-0.1, -0.05) is 23.7 Å². The average molecular weight is 330 g/mol. The molecule has 4 nitrogen and oxygen atoms in total. The number of nitrogens with zero attached hydrogens (tertiary/aromatic N) is 2. The van der Waals surface area contributed by atoms with Gasteiger partial charge in [-0.2, -0.15) is 0 Å². The van der Waals surface area contributed by atoms with Crippen molar-refractivity contribution in [1.82, 2.24) is 15.2 Å². The minimum atomic E-state index is -0.0417. The Morgan fingerprint density at radius 1 is 1.22 bits per heavy atom. The first-order valence-corrected chi connectivity index (χ1v) is 8.33. The van der Waals surface area contributed by atoms with Crippen molar-refractivity contribution in [3.05, 3.63) is 53.2 Å². The van der Waals surface area contributed by atoms with Crippen LogP contribution in [0.3, 0.4) is 0 Å². The Hall–Kier alpha value is -1.91. The highest BCUT2D eigenvalue weighted by Crippen LogP contribution is 2.19. The number of nitrogens with one attached hydrogen (secondary N) is 1. The van der Waals surface area contributed by atoms with E-state index in [0.29, 0.717) is 17.1 Å². The molecule has 2 heterocycles. The zero-order valence-electron chi connectivity index (χ0n) is 13.0. The van der Waals surface area contributed by atoms with Gasteiger partial charge in [0.05, 0.1) is 10.7 Å². The van der Waals surface area contributed by atoms with E-state index in [-0.39, 0.29) is 5.91 Å². The lowest BCUT2D eigenvalue weighted by Gasteiger charge is -2.14. The van der Waals surface area contributed by atoms with Crippen molar-refractivity contribution in [2.45, 2.75) is 12.8 Å². The fourth-order valence-electron chi connectivity index (χ4n) is 2.80. The van der Waals surface area contributed by atoms with Gasteiger partial charge in [-0.3, -0.25) is 9.78 Å². The first-order valence-electron chi connectivity index (χ1n) is 7.95. The molecule has 1 aliphatic heterocycles. The molecule has 1 amide bonds. The molecule has 120 valence electrons. The van der Waals surface area contributed by atoms with Gasteiger partial charge in [-0.15, -0.1) is 0 Å². The maximum atomic E-state index is 12.3. The van der Waals surface area contributed by atoms with Gasteiger partial charge in [-0.25, -0.2) is 0 Å². The summed E-state index contributed by atoms with van der Waals surface area (Å²) in [6.07, 6.45) is 4.15. The minimum Gasteiger partial charge on any atom is -0.351 e. The maximum Gasteiger partial charge on any atom is 0.251 e. The fourth-order valence-corrected chi connectivity index (χ4v) is 2.91. The standard InChI is InChI=1S/C18H20ClN3O/c19-16-6-7-17(21-13-16)14-4-3-5-15(12-14)18(23)20-8-11-22-9-1-2-10-22/h3-7,12-13H,1-2,8-11H2,(H,20,23). The molecule has 0 spiro atoms. The van der Waals surface area contributed by atoms with E-state index in [1.807, 2.05) is 30.3 Å². The Balaban J connectivity index is 1.61. The molecule has 2 aromatic rings. The number of hydrogen-bond donors (Lipinski definition) is 1. The highest BCUT2D eigenvalue weighted by Gasteiger charge is 2.12. The van der Waals surface area contributed by atoms with Gasteiger partial charge in [0.1, 0.15) is 0 Å². The molecule has 0 radical (unpaired) electrons. The SMILES string of the molecule is O=C(NCCN1CCCC1)c1cccc(-c2ccc(Cl)cn2)c1. The summed E-state index contributed by atoms with van der Waals surface area (Å²) in [6.45, 7) is 3.90. The lowest BCUT2D eigenvalue weighted by molar-refractivity contribution is 0.0950. The highest BCUT2D eigenvalue weighted by atomic mass is 35.5. The topological polar surface area (TPSA) is 45.2 Å². The van der Waals surface area contributed by atoms with Crippen LogP contribution in [0.25, 0.3) is 11.3 Å². The molecule has 1 N–H and O–H groups in total. The molecule has 0 bridgehead atoms. The summed E-state index contributed by atoms with van der Waals surface area (Å²) in [4.78, 5) is 19.0. The van der Waals surface area contributed by atoms with Crippen molar-refractivity contribution in [3.8, 4) is 11.3 Å². The average Bonchev–Trinajstić information content (AvgIpc) is 3.09. The normalized spacial score (nSPS) is 14.8. The quantitative estimate of drug-likeness (QED) is 0.916. The molecule has 3 rings (SSSR count). The van der Waals surface area contributed by atoms with Crippen molar-refractivity contribution >= 4 is 17.5 Å². The van der Waals surface area contributed by atoms with Gasteiger partial charge in [0, 0.05) is 30.4 Å². The van der Waals surface area contributed by atoms with Gasteiger partial charge < -0.3 is 10.2 Å². The fraction of sp³-hybridized carbons (Fsp3) is 0.333. The summed E-state index contributed by atoms with van der Waals surface area (Å²) >= 11 is 5.86. The third kappa shape index (κ3) is 4.30. The molecular weight excluding hydrogens is 310 g/mol. The van der Waals surface area contributed by atoms with E-state index >= 15 is 0 Å². The molecule has 1 aromatic carbocycles. The predicted molar refractivity (Wildman–Crippen MR) is 92.7 cm³/mol. The molecule has 1 fully saturated rings. The summed E-state index contributed by atoms with van der Waals surface area (Å²) in [5.74, 6) is -0.0417. The van der Waals surface area contributed by atoms with Crippen molar-refractivity contribution in [1.29, 1.82) is 0 Å². The van der Waals surface area contributed by atoms with E-state index in [0.717, 1.165) is 30.9 Å². The number of likely N-dealkylation sites (tertiary alicyclic amines) is 1. The molecule has 1 saturated heterocycles. The molecule has 1 aliphatic rings. The van der Waals surface area contributed by atoms with E-state index in [1.54, 1.807) is 12.3 Å². The summed E-state index contributed by atoms with van der Waals surface area (Å²) in [6, 6.07) is 11.2. The molecule has 23 heavy (non-hydrogen) atoms. The number of carbonyl (C=O) groups excluding carboxylic acids is 1. The van der Waals surface area contributed by atoms with Gasteiger partial charge in [0.2, 0.25) is 0 Å². The smallest absolute Gasteiger partial charge is 0.251 e. The Labute approximate surface area is 141 Å². The van der Waals surface area contributed by atoms with Crippen LogP contribution in [0, 0.1) is 0 Å².